The Morgan fingerprint density at radius 1 is 1.37 bits per heavy atom. The Labute approximate surface area is 112 Å². The fourth-order valence-corrected chi connectivity index (χ4v) is 1.95. The molecular weight excluding hydrogens is 243 g/mol. The van der Waals surface area contributed by atoms with E-state index in [-0.39, 0.29) is 5.82 Å². The van der Waals surface area contributed by atoms with Gasteiger partial charge in [-0.05, 0) is 44.1 Å². The summed E-state index contributed by atoms with van der Waals surface area (Å²) >= 11 is 0. The lowest BCUT2D eigenvalue weighted by molar-refractivity contribution is 0.492. The molecule has 0 spiro atoms. The molecule has 1 heterocycles. The second-order valence-electron chi connectivity index (χ2n) is 4.53. The van der Waals surface area contributed by atoms with Crippen molar-refractivity contribution in [2.45, 2.75) is 26.7 Å². The highest BCUT2D eigenvalue weighted by Crippen LogP contribution is 2.25. The lowest BCUT2D eigenvalue weighted by Crippen LogP contribution is -2.14. The van der Waals surface area contributed by atoms with Gasteiger partial charge in [-0.25, -0.2) is 9.37 Å². The van der Waals surface area contributed by atoms with Crippen LogP contribution >= 0.6 is 0 Å². The molecule has 2 aromatic rings. The monoisotopic (exact) mass is 262 g/mol. The number of rotatable bonds is 6. The smallest absolute Gasteiger partial charge is 0.194 e. The van der Waals surface area contributed by atoms with Crippen LogP contribution in [0.5, 0.6) is 0 Å². The van der Waals surface area contributed by atoms with Crippen molar-refractivity contribution in [3.05, 3.63) is 41.7 Å². The average molecular weight is 262 g/mol. The van der Waals surface area contributed by atoms with Gasteiger partial charge in [-0.2, -0.15) is 0 Å². The van der Waals surface area contributed by atoms with Gasteiger partial charge in [-0.15, -0.1) is 0 Å². The van der Waals surface area contributed by atoms with Crippen molar-refractivity contribution in [3.8, 4) is 11.3 Å². The lowest BCUT2D eigenvalue weighted by atomic mass is 10.1. The van der Waals surface area contributed by atoms with Gasteiger partial charge in [0.15, 0.2) is 11.7 Å². The molecule has 1 aromatic carbocycles. The maximum Gasteiger partial charge on any atom is 0.194 e. The number of nitrogens with one attached hydrogen (secondary N) is 1. The third-order valence-electron chi connectivity index (χ3n) is 3.01. The molecule has 19 heavy (non-hydrogen) atoms. The summed E-state index contributed by atoms with van der Waals surface area (Å²) in [4.78, 5) is 4.24. The van der Waals surface area contributed by atoms with E-state index in [1.54, 1.807) is 12.3 Å². The molecule has 0 unspecified atom stereocenters. The van der Waals surface area contributed by atoms with Crippen molar-refractivity contribution in [1.29, 1.82) is 0 Å². The molecule has 0 aliphatic carbocycles. The van der Waals surface area contributed by atoms with Gasteiger partial charge in [0, 0.05) is 12.0 Å². The largest absolute Gasteiger partial charge is 0.441 e. The van der Waals surface area contributed by atoms with Crippen molar-refractivity contribution in [3.63, 3.8) is 0 Å². The molecule has 2 rings (SSSR count). The predicted octanol–water partition coefficient (Wildman–Crippen LogP) is 3.33. The summed E-state index contributed by atoms with van der Waals surface area (Å²) in [6.07, 6.45) is 3.45. The average Bonchev–Trinajstić information content (AvgIpc) is 2.86. The first-order chi connectivity index (χ1) is 9.20. The fraction of sp³-hybridized carbons (Fsp3) is 0.400. The van der Waals surface area contributed by atoms with Crippen LogP contribution < -0.4 is 5.32 Å². The highest BCUT2D eigenvalue weighted by atomic mass is 19.1. The quantitative estimate of drug-likeness (QED) is 0.811. The van der Waals surface area contributed by atoms with Gasteiger partial charge in [0.2, 0.25) is 0 Å². The van der Waals surface area contributed by atoms with E-state index in [2.05, 4.69) is 17.2 Å². The van der Waals surface area contributed by atoms with Gasteiger partial charge < -0.3 is 9.73 Å². The van der Waals surface area contributed by atoms with E-state index in [4.69, 9.17) is 4.42 Å². The van der Waals surface area contributed by atoms with E-state index < -0.39 is 0 Å². The first-order valence-corrected chi connectivity index (χ1v) is 6.62. The van der Waals surface area contributed by atoms with Crippen LogP contribution in [0.3, 0.4) is 0 Å². The first-order valence-electron chi connectivity index (χ1n) is 6.62. The van der Waals surface area contributed by atoms with Gasteiger partial charge in [-0.1, -0.05) is 13.0 Å². The van der Waals surface area contributed by atoms with Crippen LogP contribution in [-0.4, -0.2) is 18.1 Å². The molecule has 0 saturated heterocycles. The van der Waals surface area contributed by atoms with Crippen molar-refractivity contribution >= 4 is 0 Å². The molecule has 0 fully saturated rings. The maximum atomic E-state index is 13.3. The molecule has 102 valence electrons. The van der Waals surface area contributed by atoms with E-state index in [1.165, 1.54) is 12.1 Å². The summed E-state index contributed by atoms with van der Waals surface area (Å²) in [5.74, 6) is 1.08. The van der Waals surface area contributed by atoms with Gasteiger partial charge in [-0.3, -0.25) is 0 Å². The Kier molecular flexibility index (Phi) is 4.68. The van der Waals surface area contributed by atoms with Crippen LogP contribution in [0, 0.1) is 12.7 Å². The molecule has 0 aliphatic rings. The summed E-state index contributed by atoms with van der Waals surface area (Å²) < 4.78 is 18.9. The topological polar surface area (TPSA) is 38.1 Å². The minimum atomic E-state index is -0.259. The zero-order chi connectivity index (χ0) is 13.7. The maximum absolute atomic E-state index is 13.3. The third kappa shape index (κ3) is 3.64. The van der Waals surface area contributed by atoms with Gasteiger partial charge in [0.1, 0.15) is 5.82 Å². The third-order valence-corrected chi connectivity index (χ3v) is 3.01. The normalized spacial score (nSPS) is 10.9. The molecule has 1 N–H and O–H groups in total. The van der Waals surface area contributed by atoms with E-state index in [0.717, 1.165) is 37.1 Å². The van der Waals surface area contributed by atoms with Gasteiger partial charge in [0.25, 0.3) is 0 Å². The molecule has 0 aliphatic heterocycles. The Balaban J connectivity index is 2.06. The number of aryl methyl sites for hydroxylation is 2. The lowest BCUT2D eigenvalue weighted by Gasteiger charge is -2.02. The van der Waals surface area contributed by atoms with Crippen LogP contribution in [0.25, 0.3) is 11.3 Å². The van der Waals surface area contributed by atoms with E-state index in [9.17, 15) is 4.39 Å². The Bertz CT molecular complexity index is 537. The van der Waals surface area contributed by atoms with Crippen LogP contribution in [-0.2, 0) is 6.42 Å². The predicted molar refractivity (Wildman–Crippen MR) is 73.5 cm³/mol. The summed E-state index contributed by atoms with van der Waals surface area (Å²) in [5.41, 5.74) is 1.75. The van der Waals surface area contributed by atoms with Crippen molar-refractivity contribution < 1.29 is 8.81 Å². The molecule has 3 nitrogen and oxygen atoms in total. The molecule has 4 heteroatoms. The standard InChI is InChI=1S/C15H19FN2O/c1-3-17-8-4-5-15-18-10-14(19-15)13-9-12(16)7-6-11(13)2/h6-7,9-10,17H,3-5,8H2,1-2H3. The highest BCUT2D eigenvalue weighted by molar-refractivity contribution is 5.61. The zero-order valence-corrected chi connectivity index (χ0v) is 11.4. The first kappa shape index (κ1) is 13.7. The molecule has 1 aromatic heterocycles. The zero-order valence-electron chi connectivity index (χ0n) is 11.4. The SMILES string of the molecule is CCNCCCc1ncc(-c2cc(F)ccc2C)o1. The molecular formula is C15H19FN2O. The van der Waals surface area contributed by atoms with Crippen LogP contribution in [0.15, 0.2) is 28.8 Å². The van der Waals surface area contributed by atoms with Gasteiger partial charge >= 0.3 is 0 Å². The van der Waals surface area contributed by atoms with E-state index >= 15 is 0 Å². The Hall–Kier alpha value is -1.68. The number of halogens is 1. The Morgan fingerprint density at radius 3 is 3.00 bits per heavy atom. The number of nitrogens with zero attached hydrogens (tertiary/aromatic N) is 1. The highest BCUT2D eigenvalue weighted by Gasteiger charge is 2.09. The number of benzene rings is 1. The minimum Gasteiger partial charge on any atom is -0.441 e. The molecule has 0 bridgehead atoms. The Morgan fingerprint density at radius 2 is 2.21 bits per heavy atom. The summed E-state index contributed by atoms with van der Waals surface area (Å²) in [6.45, 7) is 5.94. The summed E-state index contributed by atoms with van der Waals surface area (Å²) in [7, 11) is 0. The van der Waals surface area contributed by atoms with Gasteiger partial charge in [0.05, 0.1) is 6.20 Å². The van der Waals surface area contributed by atoms with Crippen LogP contribution in [0.4, 0.5) is 4.39 Å². The van der Waals surface area contributed by atoms with Crippen molar-refractivity contribution in [2.24, 2.45) is 0 Å². The van der Waals surface area contributed by atoms with Crippen LogP contribution in [0.2, 0.25) is 0 Å². The van der Waals surface area contributed by atoms with E-state index in [1.807, 2.05) is 6.92 Å². The summed E-state index contributed by atoms with van der Waals surface area (Å²) in [6, 6.07) is 4.68. The molecule has 0 atom stereocenters. The number of aromatic nitrogens is 1. The minimum absolute atomic E-state index is 0.259. The number of oxazole rings is 1. The second kappa shape index (κ2) is 6.48. The van der Waals surface area contributed by atoms with Crippen molar-refractivity contribution in [2.75, 3.05) is 13.1 Å². The number of hydrogen-bond acceptors (Lipinski definition) is 3. The second-order valence-corrected chi connectivity index (χ2v) is 4.53. The van der Waals surface area contributed by atoms with Crippen LogP contribution in [0.1, 0.15) is 24.8 Å². The van der Waals surface area contributed by atoms with Crippen molar-refractivity contribution in [1.82, 2.24) is 10.3 Å². The fourth-order valence-electron chi connectivity index (χ4n) is 1.95. The molecule has 0 radical (unpaired) electrons. The molecule has 0 saturated carbocycles. The number of hydrogen-bond donors (Lipinski definition) is 1. The van der Waals surface area contributed by atoms with E-state index in [0.29, 0.717) is 11.7 Å². The summed E-state index contributed by atoms with van der Waals surface area (Å²) in [5, 5.41) is 3.25. The molecule has 0 amide bonds.